The molecule has 0 atom stereocenters. The fourth-order valence-corrected chi connectivity index (χ4v) is 2.03. The van der Waals surface area contributed by atoms with Gasteiger partial charge in [-0.3, -0.25) is 0 Å². The summed E-state index contributed by atoms with van der Waals surface area (Å²) in [5, 5.41) is 9.34. The number of aromatic amines is 1. The van der Waals surface area contributed by atoms with E-state index in [0.29, 0.717) is 5.69 Å². The Hall–Kier alpha value is -2.15. The third-order valence-electron chi connectivity index (χ3n) is 3.00. The number of H-pyrrole nitrogens is 1. The van der Waals surface area contributed by atoms with Crippen molar-refractivity contribution in [2.75, 3.05) is 31.1 Å². The number of hydrogen-bond donors (Lipinski definition) is 2. The van der Waals surface area contributed by atoms with E-state index in [2.05, 4.69) is 25.4 Å². The zero-order valence-corrected chi connectivity index (χ0v) is 9.83. The standard InChI is InChI=1S/C11H14N6O/c18-11-15-14-8-17(11)9-1-2-10(13-7-9)16-5-3-12-4-6-16/h1-2,7-8,12H,3-6H2,(H,15,18). The molecule has 3 heterocycles. The maximum Gasteiger partial charge on any atom is 0.347 e. The Balaban J connectivity index is 1.85. The quantitative estimate of drug-likeness (QED) is 0.737. The molecule has 0 bridgehead atoms. The maximum absolute atomic E-state index is 11.4. The van der Waals surface area contributed by atoms with Crippen LogP contribution in [0.5, 0.6) is 0 Å². The number of pyridine rings is 1. The molecule has 0 aromatic carbocycles. The van der Waals surface area contributed by atoms with Crippen LogP contribution in [0.1, 0.15) is 0 Å². The van der Waals surface area contributed by atoms with Crippen molar-refractivity contribution in [2.24, 2.45) is 0 Å². The molecule has 1 saturated heterocycles. The van der Waals surface area contributed by atoms with Crippen LogP contribution in [0.25, 0.3) is 5.69 Å². The molecule has 2 aromatic rings. The summed E-state index contributed by atoms with van der Waals surface area (Å²) in [6, 6.07) is 3.81. The van der Waals surface area contributed by atoms with Crippen LogP contribution in [-0.2, 0) is 0 Å². The van der Waals surface area contributed by atoms with E-state index in [-0.39, 0.29) is 5.69 Å². The van der Waals surface area contributed by atoms with Crippen LogP contribution >= 0.6 is 0 Å². The highest BCUT2D eigenvalue weighted by molar-refractivity contribution is 5.43. The molecule has 0 unspecified atom stereocenters. The highest BCUT2D eigenvalue weighted by atomic mass is 16.1. The fraction of sp³-hybridized carbons (Fsp3) is 0.364. The third-order valence-corrected chi connectivity index (χ3v) is 3.00. The second-order valence-corrected chi connectivity index (χ2v) is 4.14. The van der Waals surface area contributed by atoms with Crippen LogP contribution in [0.15, 0.2) is 29.5 Å². The summed E-state index contributed by atoms with van der Waals surface area (Å²) in [5.74, 6) is 0.941. The highest BCUT2D eigenvalue weighted by Crippen LogP contribution is 2.13. The van der Waals surface area contributed by atoms with Crippen LogP contribution in [0.2, 0.25) is 0 Å². The van der Waals surface area contributed by atoms with Crippen molar-refractivity contribution >= 4 is 5.82 Å². The van der Waals surface area contributed by atoms with E-state index in [9.17, 15) is 4.79 Å². The van der Waals surface area contributed by atoms with Crippen molar-refractivity contribution < 1.29 is 0 Å². The number of hydrogen-bond acceptors (Lipinski definition) is 5. The van der Waals surface area contributed by atoms with Gasteiger partial charge in [0.15, 0.2) is 0 Å². The van der Waals surface area contributed by atoms with E-state index in [0.717, 1.165) is 32.0 Å². The lowest BCUT2D eigenvalue weighted by molar-refractivity contribution is 0.585. The Morgan fingerprint density at radius 2 is 2.06 bits per heavy atom. The maximum atomic E-state index is 11.4. The molecule has 0 aliphatic carbocycles. The van der Waals surface area contributed by atoms with Crippen LogP contribution in [-0.4, -0.2) is 45.9 Å². The van der Waals surface area contributed by atoms with E-state index in [1.807, 2.05) is 12.1 Å². The number of aromatic nitrogens is 4. The van der Waals surface area contributed by atoms with Gasteiger partial charge in [-0.2, -0.15) is 5.10 Å². The molecule has 1 aliphatic heterocycles. The van der Waals surface area contributed by atoms with Crippen LogP contribution in [0.4, 0.5) is 5.82 Å². The number of nitrogens with one attached hydrogen (secondary N) is 2. The summed E-state index contributed by atoms with van der Waals surface area (Å²) in [7, 11) is 0. The summed E-state index contributed by atoms with van der Waals surface area (Å²) >= 11 is 0. The van der Waals surface area contributed by atoms with Gasteiger partial charge in [0.1, 0.15) is 12.1 Å². The Morgan fingerprint density at radius 3 is 2.67 bits per heavy atom. The molecule has 3 rings (SSSR count). The van der Waals surface area contributed by atoms with Crippen molar-refractivity contribution in [2.45, 2.75) is 0 Å². The highest BCUT2D eigenvalue weighted by Gasteiger charge is 2.11. The first-order chi connectivity index (χ1) is 8.84. The van der Waals surface area contributed by atoms with Gasteiger partial charge in [-0.25, -0.2) is 19.4 Å². The van der Waals surface area contributed by atoms with Gasteiger partial charge in [0.25, 0.3) is 0 Å². The molecule has 7 nitrogen and oxygen atoms in total. The Kier molecular flexibility index (Phi) is 2.81. The molecule has 1 aliphatic rings. The summed E-state index contributed by atoms with van der Waals surface area (Å²) in [4.78, 5) is 18.0. The molecule has 7 heteroatoms. The van der Waals surface area contributed by atoms with E-state index in [4.69, 9.17) is 0 Å². The Labute approximate surface area is 103 Å². The van der Waals surface area contributed by atoms with Gasteiger partial charge in [0.05, 0.1) is 11.9 Å². The van der Waals surface area contributed by atoms with Gasteiger partial charge < -0.3 is 10.2 Å². The fourth-order valence-electron chi connectivity index (χ4n) is 2.03. The first-order valence-electron chi connectivity index (χ1n) is 5.89. The average Bonchev–Trinajstić information content (AvgIpc) is 2.86. The van der Waals surface area contributed by atoms with E-state index < -0.39 is 0 Å². The lowest BCUT2D eigenvalue weighted by Gasteiger charge is -2.28. The predicted octanol–water partition coefficient (Wildman–Crippen LogP) is -0.635. The van der Waals surface area contributed by atoms with Gasteiger partial charge in [0, 0.05) is 26.2 Å². The zero-order valence-electron chi connectivity index (χ0n) is 9.83. The lowest BCUT2D eigenvalue weighted by atomic mass is 10.3. The summed E-state index contributed by atoms with van der Waals surface area (Å²) < 4.78 is 1.43. The average molecular weight is 246 g/mol. The van der Waals surface area contributed by atoms with E-state index in [1.54, 1.807) is 6.20 Å². The molecule has 0 spiro atoms. The smallest absolute Gasteiger partial charge is 0.347 e. The molecule has 0 radical (unpaired) electrons. The van der Waals surface area contributed by atoms with Gasteiger partial charge >= 0.3 is 5.69 Å². The SMILES string of the molecule is O=c1[nH]ncn1-c1ccc(N2CCNCC2)nc1. The number of rotatable bonds is 2. The minimum absolute atomic E-state index is 0.258. The van der Waals surface area contributed by atoms with Gasteiger partial charge in [0.2, 0.25) is 0 Å². The van der Waals surface area contributed by atoms with E-state index >= 15 is 0 Å². The van der Waals surface area contributed by atoms with Gasteiger partial charge in [-0.1, -0.05) is 0 Å². The normalized spacial score (nSPS) is 15.9. The molecular weight excluding hydrogens is 232 g/mol. The van der Waals surface area contributed by atoms with Crippen molar-refractivity contribution in [3.8, 4) is 5.69 Å². The lowest BCUT2D eigenvalue weighted by Crippen LogP contribution is -2.43. The third kappa shape index (κ3) is 2.00. The summed E-state index contributed by atoms with van der Waals surface area (Å²) in [6.45, 7) is 3.87. The second-order valence-electron chi connectivity index (χ2n) is 4.14. The zero-order chi connectivity index (χ0) is 12.4. The van der Waals surface area contributed by atoms with Crippen LogP contribution in [0.3, 0.4) is 0 Å². The minimum atomic E-state index is -0.258. The molecular formula is C11H14N6O. The van der Waals surface area contributed by atoms with Crippen LogP contribution < -0.4 is 15.9 Å². The minimum Gasteiger partial charge on any atom is -0.354 e. The molecule has 0 amide bonds. The largest absolute Gasteiger partial charge is 0.354 e. The summed E-state index contributed by atoms with van der Waals surface area (Å²) in [6.07, 6.45) is 3.14. The van der Waals surface area contributed by atoms with Crippen molar-refractivity contribution in [3.63, 3.8) is 0 Å². The first kappa shape index (κ1) is 11.0. The molecule has 2 N–H and O–H groups in total. The monoisotopic (exact) mass is 246 g/mol. The Bertz CT molecular complexity index is 566. The molecule has 94 valence electrons. The van der Waals surface area contributed by atoms with Gasteiger partial charge in [-0.05, 0) is 12.1 Å². The van der Waals surface area contributed by atoms with Crippen LogP contribution in [0, 0.1) is 0 Å². The summed E-state index contributed by atoms with van der Waals surface area (Å²) in [5.41, 5.74) is 0.458. The number of nitrogens with zero attached hydrogens (tertiary/aromatic N) is 4. The van der Waals surface area contributed by atoms with Gasteiger partial charge in [-0.15, -0.1) is 0 Å². The van der Waals surface area contributed by atoms with Crippen molar-refractivity contribution in [3.05, 3.63) is 35.1 Å². The topological polar surface area (TPSA) is 78.8 Å². The van der Waals surface area contributed by atoms with Crippen molar-refractivity contribution in [1.29, 1.82) is 0 Å². The van der Waals surface area contributed by atoms with Crippen molar-refractivity contribution in [1.82, 2.24) is 25.1 Å². The Morgan fingerprint density at radius 1 is 1.22 bits per heavy atom. The second kappa shape index (κ2) is 4.61. The molecule has 18 heavy (non-hydrogen) atoms. The first-order valence-corrected chi connectivity index (χ1v) is 5.89. The predicted molar refractivity (Wildman–Crippen MR) is 67.1 cm³/mol. The van der Waals surface area contributed by atoms with E-state index in [1.165, 1.54) is 10.9 Å². The number of anilines is 1. The molecule has 1 fully saturated rings. The molecule has 2 aromatic heterocycles. The molecule has 0 saturated carbocycles. The number of piperazine rings is 1.